The second-order valence-electron chi connectivity index (χ2n) is 10.7. The molecule has 0 aromatic heterocycles. The molecule has 0 heterocycles. The van der Waals surface area contributed by atoms with Crippen molar-refractivity contribution in [2.75, 3.05) is 30.3 Å². The van der Waals surface area contributed by atoms with Gasteiger partial charge in [-0.2, -0.15) is 0 Å². The first-order valence-corrected chi connectivity index (χ1v) is 17.9. The molecule has 0 radical (unpaired) electrons. The summed E-state index contributed by atoms with van der Waals surface area (Å²) in [7, 11) is -4.19. The first-order chi connectivity index (χ1) is 22.2. The third kappa shape index (κ3) is 8.92. The molecule has 4 aromatic carbocycles. The average Bonchev–Trinajstić information content (AvgIpc) is 3.06. The number of anilines is 1. The predicted octanol–water partition coefficient (Wildman–Crippen LogP) is 6.09. The van der Waals surface area contributed by atoms with E-state index in [4.69, 9.17) is 4.74 Å². The van der Waals surface area contributed by atoms with Crippen LogP contribution in [0.1, 0.15) is 30.5 Å². The van der Waals surface area contributed by atoms with Gasteiger partial charge in [0.1, 0.15) is 18.3 Å². The third-order valence-corrected chi connectivity index (χ3v) is 9.95. The van der Waals surface area contributed by atoms with Gasteiger partial charge in [-0.05, 0) is 86.7 Å². The summed E-state index contributed by atoms with van der Waals surface area (Å²) in [5, 5.41) is 2.89. The summed E-state index contributed by atoms with van der Waals surface area (Å²) in [6.07, 6.45) is 2.17. The van der Waals surface area contributed by atoms with Crippen molar-refractivity contribution in [2.45, 2.75) is 49.6 Å². The van der Waals surface area contributed by atoms with Crippen LogP contribution in [0, 0.1) is 6.92 Å². The van der Waals surface area contributed by atoms with Gasteiger partial charge >= 0.3 is 0 Å². The molecule has 46 heavy (non-hydrogen) atoms. The molecule has 4 aromatic rings. The topological polar surface area (TPSA) is 96.0 Å². The molecule has 0 fully saturated rings. The maximum atomic E-state index is 14.5. The van der Waals surface area contributed by atoms with Crippen molar-refractivity contribution in [1.82, 2.24) is 10.2 Å². The summed E-state index contributed by atoms with van der Waals surface area (Å²) >= 11 is 1.50. The van der Waals surface area contributed by atoms with E-state index in [1.54, 1.807) is 48.5 Å². The Hall–Kier alpha value is -4.28. The zero-order valence-electron chi connectivity index (χ0n) is 26.7. The van der Waals surface area contributed by atoms with Gasteiger partial charge in [0.25, 0.3) is 10.0 Å². The van der Waals surface area contributed by atoms with E-state index in [0.29, 0.717) is 24.6 Å². The SMILES string of the molecule is CCNC(=O)[C@@H](Cc1ccccc1)N(Cc1cccc(C)c1)C(=O)CN(c1ccc(OCC)cc1)S(=O)(=O)c1ccc(SC)cc1. The Kier molecular flexibility index (Phi) is 12.3. The number of carbonyl (C=O) groups is 2. The number of nitrogens with zero attached hydrogens (tertiary/aromatic N) is 2. The smallest absolute Gasteiger partial charge is 0.264 e. The van der Waals surface area contributed by atoms with E-state index in [9.17, 15) is 18.0 Å². The Morgan fingerprint density at radius 2 is 1.54 bits per heavy atom. The van der Waals surface area contributed by atoms with Crippen molar-refractivity contribution in [2.24, 2.45) is 0 Å². The highest BCUT2D eigenvalue weighted by Gasteiger charge is 2.34. The number of likely N-dealkylation sites (N-methyl/N-ethyl adjacent to an activating group) is 1. The highest BCUT2D eigenvalue weighted by molar-refractivity contribution is 7.98. The van der Waals surface area contributed by atoms with Crippen LogP contribution in [0.25, 0.3) is 0 Å². The van der Waals surface area contributed by atoms with Crippen molar-refractivity contribution in [3.8, 4) is 5.75 Å². The van der Waals surface area contributed by atoms with Crippen LogP contribution in [0.2, 0.25) is 0 Å². The predicted molar refractivity (Wildman–Crippen MR) is 185 cm³/mol. The number of aryl methyl sites for hydroxylation is 1. The Morgan fingerprint density at radius 1 is 0.870 bits per heavy atom. The lowest BCUT2D eigenvalue weighted by atomic mass is 10.0. The van der Waals surface area contributed by atoms with Gasteiger partial charge in [-0.1, -0.05) is 60.2 Å². The van der Waals surface area contributed by atoms with Crippen LogP contribution in [-0.4, -0.2) is 57.1 Å². The van der Waals surface area contributed by atoms with Crippen molar-refractivity contribution < 1.29 is 22.7 Å². The van der Waals surface area contributed by atoms with Gasteiger partial charge in [-0.25, -0.2) is 8.42 Å². The molecule has 242 valence electrons. The highest BCUT2D eigenvalue weighted by Crippen LogP contribution is 2.28. The van der Waals surface area contributed by atoms with E-state index < -0.39 is 28.5 Å². The van der Waals surface area contributed by atoms with Crippen molar-refractivity contribution in [1.29, 1.82) is 0 Å². The van der Waals surface area contributed by atoms with Gasteiger partial charge in [0.2, 0.25) is 11.8 Å². The molecule has 8 nitrogen and oxygen atoms in total. The lowest BCUT2D eigenvalue weighted by Crippen LogP contribution is -2.53. The van der Waals surface area contributed by atoms with Gasteiger partial charge in [0, 0.05) is 24.4 Å². The van der Waals surface area contributed by atoms with Crippen LogP contribution in [-0.2, 0) is 32.6 Å². The summed E-state index contributed by atoms with van der Waals surface area (Å²) in [4.78, 5) is 30.6. The van der Waals surface area contributed by atoms with Gasteiger partial charge in [-0.3, -0.25) is 13.9 Å². The molecule has 0 unspecified atom stereocenters. The molecule has 2 amide bonds. The maximum Gasteiger partial charge on any atom is 0.264 e. The van der Waals surface area contributed by atoms with Crippen molar-refractivity contribution in [3.63, 3.8) is 0 Å². The van der Waals surface area contributed by atoms with Gasteiger partial charge in [-0.15, -0.1) is 11.8 Å². The monoisotopic (exact) mass is 659 g/mol. The Labute approximate surface area is 276 Å². The van der Waals surface area contributed by atoms with E-state index >= 15 is 0 Å². The standard InChI is InChI=1S/C36H41N3O5S2/c1-5-37-36(41)34(24-28-12-8-7-9-13-28)38(25-29-14-10-11-27(3)23-29)35(40)26-39(30-15-17-31(18-16-30)44-6-2)46(42,43)33-21-19-32(45-4)20-22-33/h7-23,34H,5-6,24-26H2,1-4H3,(H,37,41)/t34-/m1/s1. The molecule has 0 spiro atoms. The number of hydrogen-bond donors (Lipinski definition) is 1. The Balaban J connectivity index is 1.79. The molecule has 4 rings (SSSR count). The van der Waals surface area contributed by atoms with E-state index in [1.165, 1.54) is 16.7 Å². The average molecular weight is 660 g/mol. The number of carbonyl (C=O) groups excluding carboxylic acids is 2. The minimum atomic E-state index is -4.19. The molecule has 10 heteroatoms. The number of ether oxygens (including phenoxy) is 1. The van der Waals surface area contributed by atoms with Crippen LogP contribution in [0.15, 0.2) is 113 Å². The molecular formula is C36H41N3O5S2. The summed E-state index contributed by atoms with van der Waals surface area (Å²) in [6, 6.07) is 29.5. The van der Waals surface area contributed by atoms with Crippen LogP contribution in [0.5, 0.6) is 5.75 Å². The number of sulfonamides is 1. The number of nitrogens with one attached hydrogen (secondary N) is 1. The summed E-state index contributed by atoms with van der Waals surface area (Å²) in [5.74, 6) is -0.234. The molecule has 1 N–H and O–H groups in total. The minimum absolute atomic E-state index is 0.0572. The fraction of sp³-hybridized carbons (Fsp3) is 0.278. The summed E-state index contributed by atoms with van der Waals surface area (Å²) in [5.41, 5.74) is 3.03. The molecule has 1 atom stereocenters. The molecule has 0 aliphatic carbocycles. The minimum Gasteiger partial charge on any atom is -0.494 e. The van der Waals surface area contributed by atoms with E-state index in [0.717, 1.165) is 25.9 Å². The lowest BCUT2D eigenvalue weighted by molar-refractivity contribution is -0.140. The van der Waals surface area contributed by atoms with Gasteiger partial charge in [0.15, 0.2) is 0 Å². The molecule has 0 aliphatic rings. The fourth-order valence-electron chi connectivity index (χ4n) is 5.13. The lowest BCUT2D eigenvalue weighted by Gasteiger charge is -2.34. The van der Waals surface area contributed by atoms with Gasteiger partial charge < -0.3 is 15.0 Å². The zero-order chi connectivity index (χ0) is 33.1. The number of amides is 2. The molecule has 0 saturated heterocycles. The highest BCUT2D eigenvalue weighted by atomic mass is 32.2. The first kappa shape index (κ1) is 34.6. The van der Waals surface area contributed by atoms with Crippen LogP contribution >= 0.6 is 11.8 Å². The second kappa shape index (κ2) is 16.3. The van der Waals surface area contributed by atoms with Crippen molar-refractivity contribution in [3.05, 3.63) is 120 Å². The quantitative estimate of drug-likeness (QED) is 0.155. The largest absolute Gasteiger partial charge is 0.494 e. The second-order valence-corrected chi connectivity index (χ2v) is 13.5. The van der Waals surface area contributed by atoms with Crippen LogP contribution in [0.4, 0.5) is 5.69 Å². The van der Waals surface area contributed by atoms with Crippen LogP contribution < -0.4 is 14.4 Å². The van der Waals surface area contributed by atoms with Crippen molar-refractivity contribution >= 4 is 39.3 Å². The summed E-state index contributed by atoms with van der Waals surface area (Å²) in [6.45, 7) is 6.10. The fourth-order valence-corrected chi connectivity index (χ4v) is 6.95. The number of benzene rings is 4. The van der Waals surface area contributed by atoms with Gasteiger partial charge in [0.05, 0.1) is 17.2 Å². The number of thioether (sulfide) groups is 1. The Morgan fingerprint density at radius 3 is 2.15 bits per heavy atom. The van der Waals surface area contributed by atoms with E-state index in [2.05, 4.69) is 5.32 Å². The van der Waals surface area contributed by atoms with E-state index in [-0.39, 0.29) is 23.8 Å². The Bertz CT molecular complexity index is 1700. The summed E-state index contributed by atoms with van der Waals surface area (Å²) < 4.78 is 35.2. The number of hydrogen-bond acceptors (Lipinski definition) is 6. The van der Waals surface area contributed by atoms with E-state index in [1.807, 2.05) is 81.6 Å². The molecular weight excluding hydrogens is 619 g/mol. The first-order valence-electron chi connectivity index (χ1n) is 15.2. The molecule has 0 bridgehead atoms. The maximum absolute atomic E-state index is 14.5. The zero-order valence-corrected chi connectivity index (χ0v) is 28.3. The third-order valence-electron chi connectivity index (χ3n) is 7.42. The number of rotatable bonds is 15. The molecule has 0 saturated carbocycles. The normalized spacial score (nSPS) is 11.8. The molecule has 0 aliphatic heterocycles. The van der Waals surface area contributed by atoms with Crippen LogP contribution in [0.3, 0.4) is 0 Å².